The maximum Gasteiger partial charge on any atom is 0.215 e. The van der Waals surface area contributed by atoms with E-state index in [0.717, 1.165) is 59.0 Å². The van der Waals surface area contributed by atoms with Crippen molar-refractivity contribution in [3.63, 3.8) is 0 Å². The number of nitrogens with one attached hydrogen (secondary N) is 6. The maximum absolute atomic E-state index is 5.93. The quantitative estimate of drug-likeness (QED) is 0.0493. The normalized spacial score (nSPS) is 13.3. The van der Waals surface area contributed by atoms with Gasteiger partial charge in [0.1, 0.15) is 12.7 Å². The van der Waals surface area contributed by atoms with Gasteiger partial charge in [-0.2, -0.15) is 15.0 Å². The first-order valence-electron chi connectivity index (χ1n) is 18.8. The Kier molecular flexibility index (Phi) is 12.9. The van der Waals surface area contributed by atoms with Gasteiger partial charge in [-0.05, 0) is 25.1 Å². The van der Waals surface area contributed by atoms with E-state index in [1.807, 2.05) is 51.8 Å². The number of H-pyrrole nitrogens is 1. The Labute approximate surface area is 333 Å². The summed E-state index contributed by atoms with van der Waals surface area (Å²) in [6.07, 6.45) is 23.9. The molecule has 58 heavy (non-hydrogen) atoms. The fraction of sp³-hybridized carbons (Fsp3) is 0.263. The number of hydrogen-bond donors (Lipinski definition) is 7. The van der Waals surface area contributed by atoms with Gasteiger partial charge in [0.05, 0.1) is 42.4 Å². The molecule has 0 radical (unpaired) electrons. The van der Waals surface area contributed by atoms with E-state index >= 15 is 0 Å². The highest BCUT2D eigenvalue weighted by Gasteiger charge is 2.17. The molecule has 0 aromatic carbocycles. The number of nitrogens with two attached hydrogens (primary N) is 1. The lowest BCUT2D eigenvalue weighted by Gasteiger charge is -2.13. The van der Waals surface area contributed by atoms with Crippen LogP contribution in [0.1, 0.15) is 26.7 Å². The highest BCUT2D eigenvalue weighted by molar-refractivity contribution is 5.75. The molecule has 20 heteroatoms. The number of aromatic nitrogens is 12. The van der Waals surface area contributed by atoms with Crippen LogP contribution < -0.4 is 42.1 Å². The van der Waals surface area contributed by atoms with Crippen LogP contribution in [-0.2, 0) is 0 Å². The van der Waals surface area contributed by atoms with E-state index in [4.69, 9.17) is 15.3 Å². The van der Waals surface area contributed by atoms with Crippen LogP contribution in [-0.4, -0.2) is 98.2 Å². The minimum atomic E-state index is 0.166. The lowest BCUT2D eigenvalue weighted by Crippen LogP contribution is -2.27. The number of rotatable bonds is 13. The zero-order valence-corrected chi connectivity index (χ0v) is 32.4. The molecule has 1 aliphatic heterocycles. The summed E-state index contributed by atoms with van der Waals surface area (Å²) < 4.78 is 15.4. The van der Waals surface area contributed by atoms with Crippen molar-refractivity contribution >= 4 is 34.3 Å². The predicted molar refractivity (Wildman–Crippen MR) is 221 cm³/mol. The maximum atomic E-state index is 5.93. The molecule has 20 nitrogen and oxygen atoms in total. The van der Waals surface area contributed by atoms with Crippen molar-refractivity contribution < 1.29 is 9.47 Å². The van der Waals surface area contributed by atoms with E-state index in [1.54, 1.807) is 67.5 Å². The zero-order valence-electron chi connectivity index (χ0n) is 32.4. The summed E-state index contributed by atoms with van der Waals surface area (Å²) in [7, 11) is 1.80. The number of ether oxygens (including phenoxy) is 2. The number of hydrazine groups is 1. The number of anilines is 4. The Morgan fingerprint density at radius 2 is 1.47 bits per heavy atom. The highest BCUT2D eigenvalue weighted by Crippen LogP contribution is 2.27. The van der Waals surface area contributed by atoms with Gasteiger partial charge in [-0.25, -0.2) is 29.9 Å². The summed E-state index contributed by atoms with van der Waals surface area (Å²) in [6, 6.07) is 7.39. The SMILES string of the molecule is CCC.CNn1cc(-c2cnc3c(Nc4ccnc(OCCNN)c4)nccn23)cn1.c1cc(Nc2nccn3c(-c4cn[nH]c4)cnc23)cc(OC2CCNC2)n1. The van der Waals surface area contributed by atoms with Crippen molar-refractivity contribution in [2.24, 2.45) is 5.84 Å². The molecule has 9 rings (SSSR count). The van der Waals surface area contributed by atoms with E-state index < -0.39 is 0 Å². The Balaban J connectivity index is 0.000000166. The number of nitrogens with zero attached hydrogens (tertiary/aromatic N) is 11. The second-order valence-corrected chi connectivity index (χ2v) is 12.9. The van der Waals surface area contributed by atoms with Crippen LogP contribution in [0.5, 0.6) is 11.8 Å². The smallest absolute Gasteiger partial charge is 0.215 e. The molecule has 9 heterocycles. The molecule has 0 spiro atoms. The van der Waals surface area contributed by atoms with Crippen LogP contribution in [0.3, 0.4) is 0 Å². The van der Waals surface area contributed by atoms with Gasteiger partial charge in [-0.1, -0.05) is 20.3 Å². The molecule has 300 valence electrons. The Morgan fingerprint density at radius 1 is 0.810 bits per heavy atom. The molecule has 8 aromatic heterocycles. The van der Waals surface area contributed by atoms with Crippen molar-refractivity contribution in [1.29, 1.82) is 0 Å². The Morgan fingerprint density at radius 3 is 2.05 bits per heavy atom. The lowest BCUT2D eigenvalue weighted by atomic mass is 10.3. The van der Waals surface area contributed by atoms with Gasteiger partial charge in [0, 0.05) is 98.1 Å². The van der Waals surface area contributed by atoms with Crippen LogP contribution in [0.25, 0.3) is 33.8 Å². The molecule has 0 amide bonds. The minimum absolute atomic E-state index is 0.166. The zero-order chi connectivity index (χ0) is 40.1. The van der Waals surface area contributed by atoms with Crippen molar-refractivity contribution in [3.8, 4) is 34.3 Å². The topological polar surface area (TPSA) is 237 Å². The molecule has 1 unspecified atom stereocenters. The van der Waals surface area contributed by atoms with Gasteiger partial charge in [0.15, 0.2) is 22.9 Å². The van der Waals surface area contributed by atoms with Crippen LogP contribution in [0, 0.1) is 0 Å². The first-order valence-corrected chi connectivity index (χ1v) is 18.8. The largest absolute Gasteiger partial charge is 0.476 e. The summed E-state index contributed by atoms with van der Waals surface area (Å²) in [5.74, 6) is 7.62. The van der Waals surface area contributed by atoms with Gasteiger partial charge >= 0.3 is 0 Å². The second-order valence-electron chi connectivity index (χ2n) is 12.9. The predicted octanol–water partition coefficient (Wildman–Crippen LogP) is 4.16. The van der Waals surface area contributed by atoms with Gasteiger partial charge < -0.3 is 30.8 Å². The molecule has 0 bridgehead atoms. The Bertz CT molecular complexity index is 2490. The van der Waals surface area contributed by atoms with Crippen LogP contribution in [0.4, 0.5) is 23.0 Å². The van der Waals surface area contributed by atoms with E-state index in [-0.39, 0.29) is 6.10 Å². The average Bonchev–Trinajstić information content (AvgIpc) is 4.10. The van der Waals surface area contributed by atoms with Crippen molar-refractivity contribution in [1.82, 2.24) is 69.5 Å². The molecule has 1 aliphatic rings. The van der Waals surface area contributed by atoms with Gasteiger partial charge in [0.2, 0.25) is 11.8 Å². The third kappa shape index (κ3) is 9.44. The van der Waals surface area contributed by atoms with Gasteiger partial charge in [-0.3, -0.25) is 25.2 Å². The molecule has 0 aliphatic carbocycles. The summed E-state index contributed by atoms with van der Waals surface area (Å²) in [5, 5.41) is 20.9. The number of hydrogen-bond acceptors (Lipinski definition) is 16. The number of fused-ring (bicyclic) bond motifs is 2. The molecule has 8 N–H and O–H groups in total. The molecule has 1 fully saturated rings. The number of imidazole rings is 2. The van der Waals surface area contributed by atoms with Crippen LogP contribution in [0.15, 0.2) is 98.6 Å². The molecular weight excluding hydrogens is 741 g/mol. The standard InChI is InChI=1S/C18H18N8O.C17H20N10O.C3H8/c1-4-20-16(27-14-2-3-19-10-14)7-13(1)25-17-18-22-11-15(12-8-23-24-9-12)26(18)6-5-21-17;1-19-27-11-12(9-24-27)14-10-22-17-16(21-4-6-26(14)17)25-13-2-3-20-15(8-13)28-7-5-23-18;1-3-2/h1,4-9,11,14,19H,2-3,10H2,(H,23,24)(H,20,21,25);2-4,6,8-11,19,23H,5,7,18H2,1H3,(H,20,21,25);3H2,1-2H3. The molecule has 1 saturated heterocycles. The molecule has 8 aromatic rings. The van der Waals surface area contributed by atoms with E-state index in [9.17, 15) is 0 Å². The Hall–Kier alpha value is -7.16. The summed E-state index contributed by atoms with van der Waals surface area (Å²) in [5.41, 5.74) is 12.3. The number of pyridine rings is 2. The van der Waals surface area contributed by atoms with Crippen molar-refractivity contribution in [2.75, 3.05) is 49.3 Å². The third-order valence-corrected chi connectivity index (χ3v) is 8.55. The van der Waals surface area contributed by atoms with E-state index in [0.29, 0.717) is 42.2 Å². The summed E-state index contributed by atoms with van der Waals surface area (Å²) in [6.45, 7) is 7.03. The summed E-state index contributed by atoms with van der Waals surface area (Å²) >= 11 is 0. The molecule has 0 saturated carbocycles. The lowest BCUT2D eigenvalue weighted by molar-refractivity contribution is 0.214. The monoisotopic (exact) mass is 786 g/mol. The second kappa shape index (κ2) is 19.1. The van der Waals surface area contributed by atoms with Crippen LogP contribution in [0.2, 0.25) is 0 Å². The number of aromatic amines is 1. The van der Waals surface area contributed by atoms with Crippen molar-refractivity contribution in [2.45, 2.75) is 32.8 Å². The summed E-state index contributed by atoms with van der Waals surface area (Å²) in [4.78, 5) is 28.0. The first kappa shape index (κ1) is 39.1. The molecular formula is C38H46N18O2. The fourth-order valence-corrected chi connectivity index (χ4v) is 5.92. The minimum Gasteiger partial charge on any atom is -0.476 e. The third-order valence-electron chi connectivity index (χ3n) is 8.55. The van der Waals surface area contributed by atoms with Gasteiger partial charge in [0.25, 0.3) is 0 Å². The highest BCUT2D eigenvalue weighted by atomic mass is 16.5. The van der Waals surface area contributed by atoms with E-state index in [2.05, 4.69) is 85.8 Å². The average molecular weight is 787 g/mol. The molecule has 1 atom stereocenters. The van der Waals surface area contributed by atoms with Gasteiger partial charge in [-0.15, -0.1) is 0 Å². The fourth-order valence-electron chi connectivity index (χ4n) is 5.92. The first-order chi connectivity index (χ1) is 28.6. The van der Waals surface area contributed by atoms with Crippen molar-refractivity contribution in [3.05, 3.63) is 98.6 Å². The van der Waals surface area contributed by atoms with Crippen LogP contribution >= 0.6 is 0 Å². The van der Waals surface area contributed by atoms with E-state index in [1.165, 1.54) is 6.42 Å².